The van der Waals surface area contributed by atoms with Gasteiger partial charge >= 0.3 is 0 Å². The van der Waals surface area contributed by atoms with E-state index in [1.807, 2.05) is 26.0 Å². The normalized spacial score (nSPS) is 11.9. The number of ether oxygens (including phenoxy) is 1. The molecule has 28 heavy (non-hydrogen) atoms. The maximum atomic E-state index is 12.7. The molecule has 0 unspecified atom stereocenters. The van der Waals surface area contributed by atoms with Crippen molar-refractivity contribution in [3.63, 3.8) is 0 Å². The van der Waals surface area contributed by atoms with Crippen molar-refractivity contribution in [2.24, 2.45) is 0 Å². The number of hydrogen-bond acceptors (Lipinski definition) is 5. The van der Waals surface area contributed by atoms with Crippen LogP contribution in [0.2, 0.25) is 5.02 Å². The first kappa shape index (κ1) is 20.3. The second-order valence-electron chi connectivity index (χ2n) is 6.84. The molecule has 0 aliphatic rings. The van der Waals surface area contributed by atoms with E-state index in [0.717, 1.165) is 11.8 Å². The van der Waals surface area contributed by atoms with Crippen molar-refractivity contribution in [1.29, 1.82) is 0 Å². The second kappa shape index (κ2) is 7.52. The lowest BCUT2D eigenvalue weighted by molar-refractivity contribution is 0.414. The topological polar surface area (TPSA) is 90.4 Å². The fourth-order valence-electron chi connectivity index (χ4n) is 3.04. The average Bonchev–Trinajstić information content (AvgIpc) is 3.04. The smallest absolute Gasteiger partial charge is 0.233 e. The monoisotopic (exact) mass is 422 g/mol. The second-order valence-corrected chi connectivity index (χ2v) is 9.15. The van der Waals surface area contributed by atoms with Crippen molar-refractivity contribution in [2.45, 2.75) is 26.4 Å². The average molecular weight is 423 g/mol. The van der Waals surface area contributed by atoms with E-state index in [1.54, 1.807) is 36.1 Å². The number of halogens is 1. The van der Waals surface area contributed by atoms with E-state index in [1.165, 1.54) is 4.31 Å². The van der Waals surface area contributed by atoms with Crippen LogP contribution in [0.25, 0.3) is 10.9 Å². The van der Waals surface area contributed by atoms with Crippen LogP contribution in [0.15, 0.2) is 36.4 Å². The molecule has 3 rings (SSSR count). The molecule has 3 aromatic rings. The van der Waals surface area contributed by atoms with Gasteiger partial charge in [0, 0.05) is 6.04 Å². The highest BCUT2D eigenvalue weighted by Gasteiger charge is 2.27. The number of sulfonamides is 1. The Morgan fingerprint density at radius 3 is 2.39 bits per heavy atom. The minimum Gasteiger partial charge on any atom is -0.497 e. The zero-order valence-corrected chi connectivity index (χ0v) is 17.8. The van der Waals surface area contributed by atoms with Gasteiger partial charge in [0.1, 0.15) is 5.75 Å². The number of nitrogens with zero attached hydrogens (tertiary/aromatic N) is 3. The van der Waals surface area contributed by atoms with Crippen molar-refractivity contribution in [3.8, 4) is 5.75 Å². The van der Waals surface area contributed by atoms with E-state index < -0.39 is 10.0 Å². The molecule has 150 valence electrons. The summed E-state index contributed by atoms with van der Waals surface area (Å²) in [6.07, 6.45) is 1.15. The van der Waals surface area contributed by atoms with Gasteiger partial charge in [0.2, 0.25) is 10.0 Å². The third-order valence-corrected chi connectivity index (χ3v) is 5.84. The fraction of sp³-hybridized carbons (Fsp3) is 0.316. The molecule has 0 saturated heterocycles. The Kier molecular flexibility index (Phi) is 5.45. The van der Waals surface area contributed by atoms with Crippen LogP contribution in [-0.4, -0.2) is 31.6 Å². The number of hydrogen-bond donors (Lipinski definition) is 1. The number of nitrogens with two attached hydrogens (primary N) is 1. The molecular formula is C19H23ClN4O3S. The molecule has 0 fully saturated rings. The molecule has 0 saturated carbocycles. The summed E-state index contributed by atoms with van der Waals surface area (Å²) in [5.74, 6) is 0.958. The summed E-state index contributed by atoms with van der Waals surface area (Å²) in [6.45, 7) is 4.01. The van der Waals surface area contributed by atoms with E-state index in [0.29, 0.717) is 27.4 Å². The third kappa shape index (κ3) is 3.74. The molecule has 0 spiro atoms. The Morgan fingerprint density at radius 1 is 1.21 bits per heavy atom. The molecule has 9 heteroatoms. The highest BCUT2D eigenvalue weighted by Crippen LogP contribution is 2.38. The van der Waals surface area contributed by atoms with Crippen LogP contribution in [0.3, 0.4) is 0 Å². The van der Waals surface area contributed by atoms with Crippen LogP contribution < -0.4 is 14.8 Å². The Labute approximate surface area is 169 Å². The van der Waals surface area contributed by atoms with Crippen LogP contribution >= 0.6 is 11.6 Å². The molecule has 0 radical (unpaired) electrons. The van der Waals surface area contributed by atoms with Crippen LogP contribution in [0.4, 0.5) is 11.5 Å². The van der Waals surface area contributed by atoms with Crippen LogP contribution in [0, 0.1) is 0 Å². The van der Waals surface area contributed by atoms with E-state index in [9.17, 15) is 8.42 Å². The summed E-state index contributed by atoms with van der Waals surface area (Å²) in [4.78, 5) is 0. The van der Waals surface area contributed by atoms with E-state index in [-0.39, 0.29) is 18.4 Å². The lowest BCUT2D eigenvalue weighted by atomic mass is 10.2. The standard InChI is InChI=1S/C19H23ClN4O3S/c1-12(2)24-18-16(21)10-9-15(20)17(18)19(22-24)23(28(4,25)26)11-13-5-7-14(27-3)8-6-13/h5-10,12H,11,21H2,1-4H3. The lowest BCUT2D eigenvalue weighted by Gasteiger charge is -2.21. The number of aromatic nitrogens is 2. The predicted octanol–water partition coefficient (Wildman–Crippen LogP) is 3.83. The largest absolute Gasteiger partial charge is 0.497 e. The summed E-state index contributed by atoms with van der Waals surface area (Å²) in [7, 11) is -2.06. The van der Waals surface area contributed by atoms with Crippen LogP contribution in [-0.2, 0) is 16.6 Å². The molecule has 1 heterocycles. The van der Waals surface area contributed by atoms with Gasteiger partial charge in [0.25, 0.3) is 0 Å². The predicted molar refractivity (Wildman–Crippen MR) is 114 cm³/mol. The molecule has 2 N–H and O–H groups in total. The number of nitrogen functional groups attached to an aromatic ring is 1. The first-order valence-electron chi connectivity index (χ1n) is 8.70. The van der Waals surface area contributed by atoms with Gasteiger partial charge in [-0.3, -0.25) is 4.68 Å². The zero-order valence-electron chi connectivity index (χ0n) is 16.2. The number of methoxy groups -OCH3 is 1. The Morgan fingerprint density at radius 2 is 1.86 bits per heavy atom. The van der Waals surface area contributed by atoms with Gasteiger partial charge < -0.3 is 10.5 Å². The maximum absolute atomic E-state index is 12.7. The SMILES string of the molecule is COc1ccc(CN(c2nn(C(C)C)c3c(N)ccc(Cl)c23)S(C)(=O)=O)cc1. The molecule has 0 bridgehead atoms. The quantitative estimate of drug-likeness (QED) is 0.609. The summed E-state index contributed by atoms with van der Waals surface area (Å²) in [5, 5.41) is 5.50. The van der Waals surface area contributed by atoms with Gasteiger partial charge in [-0.25, -0.2) is 12.7 Å². The molecule has 1 aromatic heterocycles. The third-order valence-electron chi connectivity index (χ3n) is 4.42. The van der Waals surface area contributed by atoms with Gasteiger partial charge in [0.15, 0.2) is 5.82 Å². The number of anilines is 2. The van der Waals surface area contributed by atoms with E-state index >= 15 is 0 Å². The highest BCUT2D eigenvalue weighted by atomic mass is 35.5. The first-order valence-corrected chi connectivity index (χ1v) is 10.9. The van der Waals surface area contributed by atoms with E-state index in [4.69, 9.17) is 22.1 Å². The van der Waals surface area contributed by atoms with Crippen molar-refractivity contribution >= 4 is 44.0 Å². The number of fused-ring (bicyclic) bond motifs is 1. The maximum Gasteiger partial charge on any atom is 0.233 e. The minimum atomic E-state index is -3.64. The van der Waals surface area contributed by atoms with Crippen molar-refractivity contribution in [2.75, 3.05) is 23.4 Å². The fourth-order valence-corrected chi connectivity index (χ4v) is 4.10. The van der Waals surface area contributed by atoms with Gasteiger partial charge in [0.05, 0.1) is 41.5 Å². The molecular weight excluding hydrogens is 400 g/mol. The molecule has 7 nitrogen and oxygen atoms in total. The van der Waals surface area contributed by atoms with Crippen molar-refractivity contribution in [1.82, 2.24) is 9.78 Å². The van der Waals surface area contributed by atoms with Gasteiger partial charge in [-0.1, -0.05) is 23.7 Å². The van der Waals surface area contributed by atoms with Gasteiger partial charge in [-0.05, 0) is 43.7 Å². The summed E-state index contributed by atoms with van der Waals surface area (Å²) in [5.41, 5.74) is 8.08. The number of rotatable bonds is 6. The molecule has 0 atom stereocenters. The number of benzene rings is 2. The Hall–Kier alpha value is -2.45. The lowest BCUT2D eigenvalue weighted by Crippen LogP contribution is -2.30. The first-order chi connectivity index (χ1) is 13.1. The summed E-state index contributed by atoms with van der Waals surface area (Å²) in [6, 6.07) is 10.5. The van der Waals surface area contributed by atoms with Crippen LogP contribution in [0.5, 0.6) is 5.75 Å². The van der Waals surface area contributed by atoms with Gasteiger partial charge in [-0.2, -0.15) is 5.10 Å². The highest BCUT2D eigenvalue weighted by molar-refractivity contribution is 7.92. The molecule has 0 aliphatic carbocycles. The van der Waals surface area contributed by atoms with Gasteiger partial charge in [-0.15, -0.1) is 0 Å². The summed E-state index contributed by atoms with van der Waals surface area (Å²) >= 11 is 6.44. The zero-order chi connectivity index (χ0) is 20.6. The van der Waals surface area contributed by atoms with Crippen molar-refractivity contribution in [3.05, 3.63) is 47.0 Å². The Bertz CT molecular complexity index is 1110. The van der Waals surface area contributed by atoms with E-state index in [2.05, 4.69) is 5.10 Å². The Balaban J connectivity index is 2.21. The molecule has 2 aromatic carbocycles. The van der Waals surface area contributed by atoms with Crippen LogP contribution in [0.1, 0.15) is 25.5 Å². The molecule has 0 aliphatic heterocycles. The van der Waals surface area contributed by atoms with Crippen molar-refractivity contribution < 1.29 is 13.2 Å². The summed E-state index contributed by atoms with van der Waals surface area (Å²) < 4.78 is 33.4. The minimum absolute atomic E-state index is 0.0283. The molecule has 0 amide bonds.